The smallest absolute Gasteiger partial charge is 0.323 e. The summed E-state index contributed by atoms with van der Waals surface area (Å²) in [5.74, 6) is -0.185. The minimum absolute atomic E-state index is 0.381. The van der Waals surface area contributed by atoms with Crippen molar-refractivity contribution < 1.29 is 9.90 Å². The molecule has 4 heteroatoms. The second-order valence-corrected chi connectivity index (χ2v) is 6.05. The minimum Gasteiger partial charge on any atom is -0.480 e. The molecule has 0 radical (unpaired) electrons. The average molecular weight is 240 g/mol. The minimum atomic E-state index is -0.977. The summed E-state index contributed by atoms with van der Waals surface area (Å²) in [6.45, 7) is 5.62. The molecule has 2 aliphatic rings. The predicted molar refractivity (Wildman–Crippen MR) is 66.8 cm³/mol. The maximum absolute atomic E-state index is 11.2. The van der Waals surface area contributed by atoms with Crippen LogP contribution in [-0.4, -0.2) is 40.1 Å². The van der Waals surface area contributed by atoms with E-state index in [1.807, 2.05) is 0 Å². The van der Waals surface area contributed by atoms with Crippen molar-refractivity contribution in [3.8, 4) is 0 Å². The van der Waals surface area contributed by atoms with Crippen LogP contribution in [0, 0.1) is 5.92 Å². The highest BCUT2D eigenvalue weighted by Gasteiger charge is 2.46. The van der Waals surface area contributed by atoms with Crippen molar-refractivity contribution in [2.45, 2.75) is 63.6 Å². The number of nitrogens with zero attached hydrogens (tertiary/aromatic N) is 1. The molecule has 1 aliphatic heterocycles. The van der Waals surface area contributed by atoms with Crippen LogP contribution in [0.25, 0.3) is 0 Å². The summed E-state index contributed by atoms with van der Waals surface area (Å²) in [6, 6.07) is 1.00. The molecule has 98 valence electrons. The fraction of sp³-hybridized carbons (Fsp3) is 0.923. The first kappa shape index (κ1) is 12.8. The highest BCUT2D eigenvalue weighted by Crippen LogP contribution is 2.36. The van der Waals surface area contributed by atoms with Crippen molar-refractivity contribution >= 4 is 5.97 Å². The summed E-state index contributed by atoms with van der Waals surface area (Å²) in [5.41, 5.74) is 4.98. The third-order valence-corrected chi connectivity index (χ3v) is 4.53. The van der Waals surface area contributed by atoms with Crippen molar-refractivity contribution in [2.75, 3.05) is 6.54 Å². The van der Waals surface area contributed by atoms with Gasteiger partial charge in [0.15, 0.2) is 0 Å². The molecule has 0 bridgehead atoms. The first-order valence-electron chi connectivity index (χ1n) is 6.72. The van der Waals surface area contributed by atoms with Gasteiger partial charge in [-0.05, 0) is 44.6 Å². The number of carbonyl (C=O) groups is 1. The lowest BCUT2D eigenvalue weighted by atomic mass is 9.97. The second kappa shape index (κ2) is 4.58. The third kappa shape index (κ3) is 2.33. The Morgan fingerprint density at radius 1 is 1.47 bits per heavy atom. The maximum Gasteiger partial charge on any atom is 0.323 e. The van der Waals surface area contributed by atoms with Crippen LogP contribution in [0.4, 0.5) is 0 Å². The summed E-state index contributed by atoms with van der Waals surface area (Å²) < 4.78 is 0. The van der Waals surface area contributed by atoms with E-state index in [1.165, 1.54) is 12.8 Å². The van der Waals surface area contributed by atoms with Gasteiger partial charge in [0.2, 0.25) is 0 Å². The van der Waals surface area contributed by atoms with Crippen molar-refractivity contribution in [2.24, 2.45) is 11.7 Å². The topological polar surface area (TPSA) is 66.6 Å². The summed E-state index contributed by atoms with van der Waals surface area (Å²) in [5, 5.41) is 9.16. The van der Waals surface area contributed by atoms with E-state index >= 15 is 0 Å². The molecular weight excluding hydrogens is 216 g/mol. The van der Waals surface area contributed by atoms with E-state index in [-0.39, 0.29) is 0 Å². The Kier molecular flexibility index (Phi) is 3.46. The van der Waals surface area contributed by atoms with E-state index in [0.29, 0.717) is 30.8 Å². The monoisotopic (exact) mass is 240 g/mol. The van der Waals surface area contributed by atoms with Gasteiger partial charge in [-0.15, -0.1) is 0 Å². The molecule has 17 heavy (non-hydrogen) atoms. The zero-order valence-electron chi connectivity index (χ0n) is 10.9. The van der Waals surface area contributed by atoms with E-state index < -0.39 is 11.5 Å². The Hall–Kier alpha value is -0.610. The van der Waals surface area contributed by atoms with Crippen LogP contribution in [0.2, 0.25) is 0 Å². The van der Waals surface area contributed by atoms with Crippen LogP contribution < -0.4 is 5.73 Å². The van der Waals surface area contributed by atoms with E-state index in [9.17, 15) is 4.79 Å². The summed E-state index contributed by atoms with van der Waals surface area (Å²) in [7, 11) is 0. The number of rotatable bonds is 3. The van der Waals surface area contributed by atoms with Crippen LogP contribution in [0.5, 0.6) is 0 Å². The molecule has 1 aliphatic carbocycles. The quantitative estimate of drug-likeness (QED) is 0.783. The SMILES string of the molecule is CC(C)C1CCCN1C1CCC(N)(C(=O)O)C1. The third-order valence-electron chi connectivity index (χ3n) is 4.53. The predicted octanol–water partition coefficient (Wildman–Crippen LogP) is 1.44. The molecular formula is C13H24N2O2. The summed E-state index contributed by atoms with van der Waals surface area (Å²) >= 11 is 0. The normalized spacial score (nSPS) is 39.1. The number of carboxylic acid groups (broad SMARTS) is 1. The molecule has 1 saturated heterocycles. The first-order chi connectivity index (χ1) is 7.94. The van der Waals surface area contributed by atoms with Gasteiger partial charge >= 0.3 is 5.97 Å². The Balaban J connectivity index is 2.03. The highest BCUT2D eigenvalue weighted by molar-refractivity contribution is 5.79. The van der Waals surface area contributed by atoms with E-state index in [1.54, 1.807) is 0 Å². The number of hydrogen-bond donors (Lipinski definition) is 2. The summed E-state index contributed by atoms with van der Waals surface area (Å²) in [4.78, 5) is 13.7. The van der Waals surface area contributed by atoms with Gasteiger partial charge in [0, 0.05) is 12.1 Å². The molecule has 0 spiro atoms. The molecule has 3 unspecified atom stereocenters. The number of hydrogen-bond acceptors (Lipinski definition) is 3. The van der Waals surface area contributed by atoms with Crippen LogP contribution in [-0.2, 0) is 4.79 Å². The van der Waals surface area contributed by atoms with Crippen LogP contribution in [0.3, 0.4) is 0 Å². The van der Waals surface area contributed by atoms with Gasteiger partial charge in [0.1, 0.15) is 5.54 Å². The Morgan fingerprint density at radius 3 is 2.71 bits per heavy atom. The standard InChI is InChI=1S/C13H24N2O2/c1-9(2)11-4-3-7-15(11)10-5-6-13(14,8-10)12(16)17/h9-11H,3-8,14H2,1-2H3,(H,16,17). The van der Waals surface area contributed by atoms with E-state index in [2.05, 4.69) is 18.7 Å². The van der Waals surface area contributed by atoms with E-state index in [4.69, 9.17) is 10.8 Å². The van der Waals surface area contributed by atoms with Gasteiger partial charge in [-0.3, -0.25) is 9.69 Å². The highest BCUT2D eigenvalue weighted by atomic mass is 16.4. The van der Waals surface area contributed by atoms with Crippen molar-refractivity contribution in [3.05, 3.63) is 0 Å². The van der Waals surface area contributed by atoms with Crippen molar-refractivity contribution in [3.63, 3.8) is 0 Å². The lowest BCUT2D eigenvalue weighted by Gasteiger charge is -2.33. The number of nitrogens with two attached hydrogens (primary N) is 1. The Labute approximate surface area is 103 Å². The van der Waals surface area contributed by atoms with Gasteiger partial charge in [-0.25, -0.2) is 0 Å². The molecule has 0 aromatic carbocycles. The largest absolute Gasteiger partial charge is 0.480 e. The molecule has 0 amide bonds. The number of carboxylic acids is 1. The van der Waals surface area contributed by atoms with E-state index in [0.717, 1.165) is 13.0 Å². The molecule has 0 aromatic rings. The Bertz CT molecular complexity index is 306. The zero-order valence-corrected chi connectivity index (χ0v) is 10.9. The van der Waals surface area contributed by atoms with Gasteiger partial charge in [-0.2, -0.15) is 0 Å². The number of likely N-dealkylation sites (tertiary alicyclic amines) is 1. The van der Waals surface area contributed by atoms with Gasteiger partial charge in [0.25, 0.3) is 0 Å². The Morgan fingerprint density at radius 2 is 2.18 bits per heavy atom. The van der Waals surface area contributed by atoms with Gasteiger partial charge < -0.3 is 10.8 Å². The molecule has 1 heterocycles. The van der Waals surface area contributed by atoms with Crippen molar-refractivity contribution in [1.82, 2.24) is 4.90 Å². The summed E-state index contributed by atoms with van der Waals surface area (Å²) in [6.07, 6.45) is 4.66. The maximum atomic E-state index is 11.2. The van der Waals surface area contributed by atoms with Gasteiger partial charge in [0.05, 0.1) is 0 Å². The lowest BCUT2D eigenvalue weighted by molar-refractivity contribution is -0.143. The molecule has 3 atom stereocenters. The average Bonchev–Trinajstić information content (AvgIpc) is 2.83. The van der Waals surface area contributed by atoms with Crippen LogP contribution in [0.15, 0.2) is 0 Å². The van der Waals surface area contributed by atoms with Gasteiger partial charge in [-0.1, -0.05) is 13.8 Å². The second-order valence-electron chi connectivity index (χ2n) is 6.05. The molecule has 3 N–H and O–H groups in total. The molecule has 0 aromatic heterocycles. The molecule has 1 saturated carbocycles. The van der Waals surface area contributed by atoms with Crippen LogP contribution in [0.1, 0.15) is 46.0 Å². The number of aliphatic carboxylic acids is 1. The zero-order chi connectivity index (χ0) is 12.6. The molecule has 2 fully saturated rings. The molecule has 2 rings (SSSR count). The molecule has 4 nitrogen and oxygen atoms in total. The fourth-order valence-electron chi connectivity index (χ4n) is 3.51. The lowest BCUT2D eigenvalue weighted by Crippen LogP contribution is -2.48. The first-order valence-corrected chi connectivity index (χ1v) is 6.72. The van der Waals surface area contributed by atoms with Crippen molar-refractivity contribution in [1.29, 1.82) is 0 Å². The van der Waals surface area contributed by atoms with Crippen LogP contribution >= 0.6 is 0 Å². The fourth-order valence-corrected chi connectivity index (χ4v) is 3.51.